The molecule has 1 aliphatic carbocycles. The van der Waals surface area contributed by atoms with E-state index in [1.807, 2.05) is 0 Å². The van der Waals surface area contributed by atoms with Crippen molar-refractivity contribution in [1.82, 2.24) is 10.2 Å². The molecule has 1 aromatic carbocycles. The number of nitrogens with one attached hydrogen (secondary N) is 1. The van der Waals surface area contributed by atoms with Gasteiger partial charge >= 0.3 is 0 Å². The summed E-state index contributed by atoms with van der Waals surface area (Å²) >= 11 is 0. The lowest BCUT2D eigenvalue weighted by molar-refractivity contribution is 0.291. The van der Waals surface area contributed by atoms with E-state index in [0.29, 0.717) is 6.04 Å². The fourth-order valence-corrected chi connectivity index (χ4v) is 4.10. The van der Waals surface area contributed by atoms with Gasteiger partial charge in [0.25, 0.3) is 0 Å². The zero-order valence-corrected chi connectivity index (χ0v) is 12.9. The molecule has 1 N–H and O–H groups in total. The Morgan fingerprint density at radius 1 is 1.15 bits per heavy atom. The molecule has 20 heavy (non-hydrogen) atoms. The van der Waals surface area contributed by atoms with Gasteiger partial charge in [-0.05, 0) is 57.2 Å². The third kappa shape index (κ3) is 3.07. The third-order valence-electron chi connectivity index (χ3n) is 5.36. The molecule has 2 nitrogen and oxygen atoms in total. The quantitative estimate of drug-likeness (QED) is 0.884. The van der Waals surface area contributed by atoms with Gasteiger partial charge in [0.1, 0.15) is 0 Å². The zero-order valence-electron chi connectivity index (χ0n) is 12.9. The van der Waals surface area contributed by atoms with Crippen LogP contribution in [0.5, 0.6) is 0 Å². The van der Waals surface area contributed by atoms with Gasteiger partial charge in [0.05, 0.1) is 0 Å². The minimum absolute atomic E-state index is 0.496. The van der Waals surface area contributed by atoms with E-state index in [9.17, 15) is 0 Å². The number of rotatable bonds is 5. The highest BCUT2D eigenvalue weighted by Crippen LogP contribution is 2.37. The summed E-state index contributed by atoms with van der Waals surface area (Å²) in [7, 11) is 2.09. The second-order valence-corrected chi connectivity index (χ2v) is 6.75. The summed E-state index contributed by atoms with van der Waals surface area (Å²) in [6.07, 6.45) is 5.66. The lowest BCUT2D eigenvalue weighted by Gasteiger charge is -2.22. The topological polar surface area (TPSA) is 15.3 Å². The van der Waals surface area contributed by atoms with Crippen LogP contribution in [-0.2, 0) is 0 Å². The van der Waals surface area contributed by atoms with Crippen molar-refractivity contribution in [1.29, 1.82) is 0 Å². The van der Waals surface area contributed by atoms with Gasteiger partial charge in [-0.25, -0.2) is 0 Å². The van der Waals surface area contributed by atoms with Crippen molar-refractivity contribution in [3.63, 3.8) is 0 Å². The highest BCUT2D eigenvalue weighted by Gasteiger charge is 2.35. The molecule has 0 amide bonds. The van der Waals surface area contributed by atoms with Crippen LogP contribution in [0.15, 0.2) is 24.3 Å². The van der Waals surface area contributed by atoms with E-state index in [2.05, 4.69) is 48.5 Å². The van der Waals surface area contributed by atoms with E-state index in [-0.39, 0.29) is 0 Å². The van der Waals surface area contributed by atoms with Crippen LogP contribution in [0.3, 0.4) is 0 Å². The Bertz CT molecular complexity index is 414. The van der Waals surface area contributed by atoms with Crippen LogP contribution in [-0.4, -0.2) is 31.6 Å². The predicted octanol–water partition coefficient (Wildman–Crippen LogP) is 3.38. The maximum atomic E-state index is 3.49. The van der Waals surface area contributed by atoms with Gasteiger partial charge in [0, 0.05) is 19.1 Å². The summed E-state index contributed by atoms with van der Waals surface area (Å²) in [5.74, 6) is 2.03. The average Bonchev–Trinajstić information content (AvgIpc) is 3.02. The molecule has 1 heterocycles. The second kappa shape index (κ2) is 6.28. The van der Waals surface area contributed by atoms with Crippen molar-refractivity contribution in [2.45, 2.75) is 38.6 Å². The molecule has 1 saturated carbocycles. The van der Waals surface area contributed by atoms with Crippen molar-refractivity contribution in [3.8, 4) is 0 Å². The fraction of sp³-hybridized carbons (Fsp3) is 0.667. The van der Waals surface area contributed by atoms with Crippen molar-refractivity contribution < 1.29 is 0 Å². The Balaban J connectivity index is 1.52. The third-order valence-corrected chi connectivity index (χ3v) is 5.36. The summed E-state index contributed by atoms with van der Waals surface area (Å²) in [5.41, 5.74) is 2.77. The minimum atomic E-state index is 0.496. The number of nitrogens with zero attached hydrogens (tertiary/aromatic N) is 1. The molecule has 3 unspecified atom stereocenters. The van der Waals surface area contributed by atoms with E-state index in [4.69, 9.17) is 0 Å². The summed E-state index contributed by atoms with van der Waals surface area (Å²) in [6.45, 7) is 6.11. The molecule has 0 radical (unpaired) electrons. The Labute approximate surface area is 123 Å². The predicted molar refractivity (Wildman–Crippen MR) is 84.9 cm³/mol. The fourth-order valence-electron chi connectivity index (χ4n) is 4.10. The van der Waals surface area contributed by atoms with Crippen LogP contribution < -0.4 is 5.32 Å². The number of likely N-dealkylation sites (tertiary alicyclic amines) is 1. The van der Waals surface area contributed by atoms with Gasteiger partial charge in [-0.1, -0.05) is 36.2 Å². The van der Waals surface area contributed by atoms with Gasteiger partial charge in [0.2, 0.25) is 0 Å². The maximum Gasteiger partial charge on any atom is 0.0329 e. The molecule has 1 aromatic rings. The van der Waals surface area contributed by atoms with Crippen LogP contribution in [0.4, 0.5) is 0 Å². The molecular weight excluding hydrogens is 244 g/mol. The van der Waals surface area contributed by atoms with Gasteiger partial charge in [-0.15, -0.1) is 0 Å². The van der Waals surface area contributed by atoms with Crippen LogP contribution in [0, 0.1) is 18.8 Å². The minimum Gasteiger partial charge on any atom is -0.313 e. The smallest absolute Gasteiger partial charge is 0.0329 e. The standard InChI is InChI=1S/C18H28N2/c1-14-6-8-15(9-7-14)18(19-2)10-11-20-12-16-4-3-5-17(16)13-20/h6-9,16-19H,3-5,10-13H2,1-2H3. The van der Waals surface area contributed by atoms with E-state index in [1.54, 1.807) is 0 Å². The van der Waals surface area contributed by atoms with Crippen molar-refractivity contribution in [2.75, 3.05) is 26.7 Å². The van der Waals surface area contributed by atoms with Gasteiger partial charge in [-0.3, -0.25) is 0 Å². The first-order chi connectivity index (χ1) is 9.76. The van der Waals surface area contributed by atoms with E-state index in [0.717, 1.165) is 11.8 Å². The summed E-state index contributed by atoms with van der Waals surface area (Å²) in [5, 5.41) is 3.49. The van der Waals surface area contributed by atoms with E-state index < -0.39 is 0 Å². The molecule has 0 spiro atoms. The Morgan fingerprint density at radius 3 is 2.40 bits per heavy atom. The number of benzene rings is 1. The number of hydrogen-bond donors (Lipinski definition) is 1. The largest absolute Gasteiger partial charge is 0.313 e. The first-order valence-electron chi connectivity index (χ1n) is 8.22. The molecule has 110 valence electrons. The summed E-state index contributed by atoms with van der Waals surface area (Å²) < 4.78 is 0. The van der Waals surface area contributed by atoms with Crippen molar-refractivity contribution >= 4 is 0 Å². The summed E-state index contributed by atoms with van der Waals surface area (Å²) in [4.78, 5) is 2.70. The first kappa shape index (κ1) is 14.1. The average molecular weight is 272 g/mol. The van der Waals surface area contributed by atoms with Crippen LogP contribution in [0.2, 0.25) is 0 Å². The normalized spacial score (nSPS) is 27.7. The Morgan fingerprint density at radius 2 is 1.80 bits per heavy atom. The summed E-state index contributed by atoms with van der Waals surface area (Å²) in [6, 6.07) is 9.49. The molecule has 2 fully saturated rings. The molecule has 3 atom stereocenters. The molecule has 2 aliphatic rings. The Kier molecular flexibility index (Phi) is 4.42. The van der Waals surface area contributed by atoms with Crippen LogP contribution in [0.25, 0.3) is 0 Å². The Hall–Kier alpha value is -0.860. The van der Waals surface area contributed by atoms with Crippen LogP contribution >= 0.6 is 0 Å². The molecular formula is C18H28N2. The molecule has 2 heteroatoms. The number of hydrogen-bond acceptors (Lipinski definition) is 2. The van der Waals surface area contributed by atoms with E-state index in [1.165, 1.54) is 56.4 Å². The lowest BCUT2D eigenvalue weighted by Crippen LogP contribution is -2.27. The van der Waals surface area contributed by atoms with Gasteiger partial charge in [-0.2, -0.15) is 0 Å². The van der Waals surface area contributed by atoms with Crippen LogP contribution in [0.1, 0.15) is 42.9 Å². The lowest BCUT2D eigenvalue weighted by atomic mass is 10.0. The van der Waals surface area contributed by atoms with Crippen molar-refractivity contribution in [3.05, 3.63) is 35.4 Å². The van der Waals surface area contributed by atoms with Gasteiger partial charge < -0.3 is 10.2 Å². The number of fused-ring (bicyclic) bond motifs is 1. The molecule has 0 bridgehead atoms. The monoisotopic (exact) mass is 272 g/mol. The highest BCUT2D eigenvalue weighted by atomic mass is 15.2. The highest BCUT2D eigenvalue weighted by molar-refractivity contribution is 5.24. The molecule has 1 saturated heterocycles. The van der Waals surface area contributed by atoms with E-state index >= 15 is 0 Å². The SMILES string of the molecule is CNC(CCN1CC2CCCC2C1)c1ccc(C)cc1. The first-order valence-corrected chi connectivity index (χ1v) is 8.22. The van der Waals surface area contributed by atoms with Gasteiger partial charge in [0.15, 0.2) is 0 Å². The maximum absolute atomic E-state index is 3.49. The molecule has 3 rings (SSSR count). The molecule has 0 aromatic heterocycles. The second-order valence-electron chi connectivity index (χ2n) is 6.75. The molecule has 1 aliphatic heterocycles. The zero-order chi connectivity index (χ0) is 13.9. The van der Waals surface area contributed by atoms with Crippen molar-refractivity contribution in [2.24, 2.45) is 11.8 Å². The number of aryl methyl sites for hydroxylation is 1.